The summed E-state index contributed by atoms with van der Waals surface area (Å²) in [6.07, 6.45) is -1.85. The van der Waals surface area contributed by atoms with Crippen LogP contribution in [0, 0.1) is 0 Å². The Kier molecular flexibility index (Phi) is 7.05. The number of aromatic nitrogens is 3. The van der Waals surface area contributed by atoms with Crippen LogP contribution in [0.3, 0.4) is 0 Å². The third kappa shape index (κ3) is 6.20. The third-order valence-electron chi connectivity index (χ3n) is 3.79. The minimum absolute atomic E-state index is 0.0268. The number of halogens is 4. The third-order valence-corrected chi connectivity index (χ3v) is 5.71. The Morgan fingerprint density at radius 2 is 2.04 bits per heavy atom. The monoisotopic (exact) mass is 438 g/mol. The maximum Gasteiger partial charge on any atom is 0.390 e. The molecule has 0 aliphatic carbocycles. The lowest BCUT2D eigenvalue weighted by molar-refractivity contribution is -0.129. The molecule has 0 atom stereocenters. The van der Waals surface area contributed by atoms with Crippen LogP contribution >= 0.6 is 11.6 Å². The van der Waals surface area contributed by atoms with Crippen LogP contribution in [-0.4, -0.2) is 53.3 Å². The lowest BCUT2D eigenvalue weighted by Gasteiger charge is -2.19. The Bertz CT molecular complexity index is 917. The van der Waals surface area contributed by atoms with Crippen LogP contribution < -0.4 is 4.90 Å². The van der Waals surface area contributed by atoms with Crippen molar-refractivity contribution >= 4 is 33.0 Å². The predicted octanol–water partition coefficient (Wildman–Crippen LogP) is 3.03. The molecule has 12 heteroatoms. The largest absolute Gasteiger partial charge is 0.390 e. The number of pyridine rings is 1. The van der Waals surface area contributed by atoms with E-state index < -0.39 is 46.3 Å². The van der Waals surface area contributed by atoms with Crippen LogP contribution in [0.1, 0.15) is 19.8 Å². The number of sulfone groups is 1. The average Bonchev–Trinajstić information content (AvgIpc) is 3.01. The van der Waals surface area contributed by atoms with E-state index in [9.17, 15) is 26.4 Å². The predicted molar refractivity (Wildman–Crippen MR) is 98.3 cm³/mol. The summed E-state index contributed by atoms with van der Waals surface area (Å²) in [5.74, 6) is -2.30. The van der Waals surface area contributed by atoms with Gasteiger partial charge in [0.1, 0.15) is 5.69 Å². The molecule has 0 unspecified atom stereocenters. The average molecular weight is 439 g/mol. The van der Waals surface area contributed by atoms with Crippen molar-refractivity contribution in [3.05, 3.63) is 35.9 Å². The molecule has 0 saturated heterocycles. The Morgan fingerprint density at radius 3 is 2.61 bits per heavy atom. The number of anilines is 1. The number of amides is 1. The molecule has 2 rings (SSSR count). The molecular weight excluding hydrogens is 421 g/mol. The van der Waals surface area contributed by atoms with E-state index in [4.69, 9.17) is 11.6 Å². The van der Waals surface area contributed by atoms with Crippen molar-refractivity contribution in [3.63, 3.8) is 0 Å². The van der Waals surface area contributed by atoms with Gasteiger partial charge in [0.25, 0.3) is 0 Å². The highest BCUT2D eigenvalue weighted by Gasteiger charge is 2.30. The molecule has 2 aromatic rings. The van der Waals surface area contributed by atoms with E-state index in [1.807, 2.05) is 0 Å². The van der Waals surface area contributed by atoms with Gasteiger partial charge in [0, 0.05) is 19.2 Å². The van der Waals surface area contributed by atoms with E-state index in [0.717, 1.165) is 0 Å². The molecule has 0 fully saturated rings. The summed E-state index contributed by atoms with van der Waals surface area (Å²) in [6, 6.07) is 3.42. The normalized spacial score (nSPS) is 12.2. The highest BCUT2D eigenvalue weighted by Crippen LogP contribution is 2.26. The topological polar surface area (TPSA) is 85.2 Å². The molecule has 154 valence electrons. The van der Waals surface area contributed by atoms with Crippen LogP contribution in [0.5, 0.6) is 0 Å². The fourth-order valence-corrected chi connectivity index (χ4v) is 3.84. The molecule has 2 aromatic heterocycles. The van der Waals surface area contributed by atoms with Crippen LogP contribution in [-0.2, 0) is 14.6 Å². The zero-order valence-corrected chi connectivity index (χ0v) is 16.4. The molecular formula is C16H18ClF3N4O3S. The molecule has 7 nitrogen and oxygen atoms in total. The minimum Gasteiger partial charge on any atom is -0.308 e. The van der Waals surface area contributed by atoms with E-state index in [1.165, 1.54) is 15.8 Å². The standard InChI is InChI=1S/C16H18ClF3N4O3S/c1-2-23(14(25)5-8-28(26,27)9-6-16(18,19)20)13-11-24(22-15(13)17)12-4-3-7-21-10-12/h3-4,7,10-11H,2,5-6,8-9H2,1H3. The van der Waals surface area contributed by atoms with E-state index in [-0.39, 0.29) is 17.4 Å². The second-order valence-electron chi connectivity index (χ2n) is 5.87. The van der Waals surface area contributed by atoms with Gasteiger partial charge < -0.3 is 4.90 Å². The second kappa shape index (κ2) is 8.91. The zero-order chi connectivity index (χ0) is 20.9. The lowest BCUT2D eigenvalue weighted by atomic mass is 10.3. The van der Waals surface area contributed by atoms with Gasteiger partial charge in [-0.2, -0.15) is 18.3 Å². The Labute approximate surface area is 165 Å². The highest BCUT2D eigenvalue weighted by atomic mass is 35.5. The number of alkyl halides is 3. The molecule has 1 amide bonds. The van der Waals surface area contributed by atoms with Crippen LogP contribution in [0.4, 0.5) is 18.9 Å². The van der Waals surface area contributed by atoms with Gasteiger partial charge >= 0.3 is 6.18 Å². The quantitative estimate of drug-likeness (QED) is 0.632. The van der Waals surface area contributed by atoms with Crippen molar-refractivity contribution in [2.75, 3.05) is 23.0 Å². The summed E-state index contributed by atoms with van der Waals surface area (Å²) >= 11 is 6.11. The first-order valence-corrected chi connectivity index (χ1v) is 10.5. The number of carbonyl (C=O) groups excluding carboxylic acids is 1. The molecule has 28 heavy (non-hydrogen) atoms. The smallest absolute Gasteiger partial charge is 0.308 e. The van der Waals surface area contributed by atoms with Gasteiger partial charge in [-0.25, -0.2) is 13.1 Å². The van der Waals surface area contributed by atoms with Crippen molar-refractivity contribution < 1.29 is 26.4 Å². The molecule has 2 heterocycles. The van der Waals surface area contributed by atoms with Gasteiger partial charge in [-0.05, 0) is 19.1 Å². The van der Waals surface area contributed by atoms with Gasteiger partial charge in [0.05, 0.1) is 36.0 Å². The first kappa shape index (κ1) is 22.2. The molecule has 0 saturated carbocycles. The van der Waals surface area contributed by atoms with Crippen molar-refractivity contribution in [2.45, 2.75) is 25.9 Å². The van der Waals surface area contributed by atoms with E-state index in [1.54, 1.807) is 31.5 Å². The van der Waals surface area contributed by atoms with Crippen LogP contribution in [0.25, 0.3) is 5.69 Å². The van der Waals surface area contributed by atoms with E-state index >= 15 is 0 Å². The van der Waals surface area contributed by atoms with E-state index in [0.29, 0.717) is 5.69 Å². The minimum atomic E-state index is -4.57. The highest BCUT2D eigenvalue weighted by molar-refractivity contribution is 7.91. The lowest BCUT2D eigenvalue weighted by Crippen LogP contribution is -2.32. The second-order valence-corrected chi connectivity index (χ2v) is 8.53. The van der Waals surface area contributed by atoms with Crippen molar-refractivity contribution in [1.29, 1.82) is 0 Å². The fraction of sp³-hybridized carbons (Fsp3) is 0.438. The van der Waals surface area contributed by atoms with Crippen LogP contribution in [0.2, 0.25) is 5.15 Å². The number of carbonyl (C=O) groups is 1. The molecule has 0 spiro atoms. The number of hydrogen-bond acceptors (Lipinski definition) is 5. The first-order valence-electron chi connectivity index (χ1n) is 8.25. The van der Waals surface area contributed by atoms with Crippen molar-refractivity contribution in [3.8, 4) is 5.69 Å². The Hall–Kier alpha value is -2.14. The molecule has 0 N–H and O–H groups in total. The molecule has 0 radical (unpaired) electrons. The van der Waals surface area contributed by atoms with Crippen molar-refractivity contribution in [1.82, 2.24) is 14.8 Å². The van der Waals surface area contributed by atoms with Gasteiger partial charge in [-0.1, -0.05) is 11.6 Å². The van der Waals surface area contributed by atoms with Crippen LogP contribution in [0.15, 0.2) is 30.7 Å². The summed E-state index contributed by atoms with van der Waals surface area (Å²) < 4.78 is 61.6. The zero-order valence-electron chi connectivity index (χ0n) is 14.9. The van der Waals surface area contributed by atoms with Gasteiger partial charge in [0.2, 0.25) is 5.91 Å². The maximum atomic E-state index is 12.5. The maximum absolute atomic E-state index is 12.5. The number of nitrogens with zero attached hydrogens (tertiary/aromatic N) is 4. The van der Waals surface area contributed by atoms with Crippen molar-refractivity contribution in [2.24, 2.45) is 0 Å². The van der Waals surface area contributed by atoms with Gasteiger partial charge in [-0.15, -0.1) is 0 Å². The van der Waals surface area contributed by atoms with Gasteiger partial charge in [0.15, 0.2) is 15.0 Å². The fourth-order valence-electron chi connectivity index (χ4n) is 2.38. The number of rotatable bonds is 8. The SMILES string of the molecule is CCN(C(=O)CCS(=O)(=O)CCC(F)(F)F)c1cn(-c2cccnc2)nc1Cl. The summed E-state index contributed by atoms with van der Waals surface area (Å²) in [4.78, 5) is 17.6. The summed E-state index contributed by atoms with van der Waals surface area (Å²) in [5.41, 5.74) is 0.875. The Balaban J connectivity index is 2.09. The molecule has 0 aliphatic heterocycles. The van der Waals surface area contributed by atoms with Gasteiger partial charge in [-0.3, -0.25) is 9.78 Å². The molecule has 0 aromatic carbocycles. The molecule has 0 aliphatic rings. The Morgan fingerprint density at radius 1 is 1.32 bits per heavy atom. The first-order chi connectivity index (χ1) is 13.0. The summed E-state index contributed by atoms with van der Waals surface area (Å²) in [7, 11) is -4.01. The molecule has 0 bridgehead atoms. The summed E-state index contributed by atoms with van der Waals surface area (Å²) in [5, 5.41) is 4.13. The number of hydrogen-bond donors (Lipinski definition) is 0. The summed E-state index contributed by atoms with van der Waals surface area (Å²) in [6.45, 7) is 1.84. The van der Waals surface area contributed by atoms with E-state index in [2.05, 4.69) is 10.1 Å².